The van der Waals surface area contributed by atoms with E-state index in [0.717, 1.165) is 33.4 Å². The molecule has 39 heavy (non-hydrogen) atoms. The van der Waals surface area contributed by atoms with Crippen LogP contribution in [0.5, 0.6) is 5.75 Å². The van der Waals surface area contributed by atoms with Gasteiger partial charge in [0.2, 0.25) is 0 Å². The Labute approximate surface area is 234 Å². The average Bonchev–Trinajstić information content (AvgIpc) is 2.91. The Balaban J connectivity index is 2.22. The van der Waals surface area contributed by atoms with E-state index in [0.29, 0.717) is 23.0 Å². The van der Waals surface area contributed by atoms with E-state index in [1.807, 2.05) is 13.8 Å². The van der Waals surface area contributed by atoms with E-state index in [2.05, 4.69) is 83.1 Å². The first-order valence-corrected chi connectivity index (χ1v) is 13.8. The van der Waals surface area contributed by atoms with Gasteiger partial charge in [0, 0.05) is 11.1 Å². The lowest BCUT2D eigenvalue weighted by Gasteiger charge is -2.22. The molecule has 0 radical (unpaired) electrons. The Morgan fingerprint density at radius 2 is 0.487 bits per heavy atom. The van der Waals surface area contributed by atoms with E-state index < -0.39 is 0 Å². The van der Waals surface area contributed by atoms with E-state index in [-0.39, 0.29) is 5.75 Å². The van der Waals surface area contributed by atoms with Crippen molar-refractivity contribution in [2.75, 3.05) is 0 Å². The van der Waals surface area contributed by atoms with Crippen LogP contribution in [0.3, 0.4) is 0 Å². The highest BCUT2D eigenvalue weighted by atomic mass is 16.3. The van der Waals surface area contributed by atoms with Crippen molar-refractivity contribution in [3.05, 3.63) is 77.9 Å². The normalized spacial score (nSPS) is 11.4. The number of rotatable bonds is 3. The number of hydrogen-bond acceptors (Lipinski definition) is 4. The third-order valence-electron chi connectivity index (χ3n) is 9.96. The highest BCUT2D eigenvalue weighted by molar-refractivity contribution is 5.79. The molecule has 1 N–H and O–H groups in total. The van der Waals surface area contributed by atoms with Crippen molar-refractivity contribution in [2.45, 2.75) is 96.9 Å². The maximum absolute atomic E-state index is 11.4. The second-order valence-electron chi connectivity index (χ2n) is 11.5. The molecule has 4 heteroatoms. The molecule has 0 aliphatic heterocycles. The summed E-state index contributed by atoms with van der Waals surface area (Å²) >= 11 is 0. The summed E-state index contributed by atoms with van der Waals surface area (Å²) in [6.07, 6.45) is 0. The minimum absolute atomic E-state index is 0.244. The molecule has 0 aliphatic rings. The molecule has 0 amide bonds. The van der Waals surface area contributed by atoms with Crippen molar-refractivity contribution < 1.29 is 5.11 Å². The number of aromatic nitrogens is 3. The van der Waals surface area contributed by atoms with Gasteiger partial charge in [0.1, 0.15) is 5.75 Å². The molecule has 0 unspecified atom stereocenters. The SMILES string of the molecule is Cc1c(C)c(C)c(-c2nc(-c3c(C)c(C)c(C)c(C)c3C)nc(-c3c(C)c(C)c(C)c(C)c3O)n2)c(C)c1C. The van der Waals surface area contributed by atoms with Gasteiger partial charge >= 0.3 is 0 Å². The molecular formula is C35H43N3O. The molecule has 0 bridgehead atoms. The summed E-state index contributed by atoms with van der Waals surface area (Å²) in [6.45, 7) is 29.9. The van der Waals surface area contributed by atoms with Gasteiger partial charge in [-0.1, -0.05) is 0 Å². The number of phenolic OH excluding ortho intramolecular Hbond substituents is 1. The minimum atomic E-state index is 0.244. The summed E-state index contributed by atoms with van der Waals surface area (Å²) in [5.74, 6) is 2.06. The topological polar surface area (TPSA) is 58.9 Å². The first-order valence-electron chi connectivity index (χ1n) is 13.8. The maximum Gasteiger partial charge on any atom is 0.168 e. The highest BCUT2D eigenvalue weighted by Gasteiger charge is 2.25. The van der Waals surface area contributed by atoms with Crippen LogP contribution in [0.1, 0.15) is 77.9 Å². The molecule has 4 rings (SSSR count). The zero-order chi connectivity index (χ0) is 29.2. The molecule has 0 saturated carbocycles. The number of nitrogens with zero attached hydrogens (tertiary/aromatic N) is 3. The van der Waals surface area contributed by atoms with Crippen LogP contribution >= 0.6 is 0 Å². The van der Waals surface area contributed by atoms with Gasteiger partial charge in [-0.15, -0.1) is 0 Å². The monoisotopic (exact) mass is 521 g/mol. The van der Waals surface area contributed by atoms with Crippen LogP contribution < -0.4 is 0 Å². The quantitative estimate of drug-likeness (QED) is 0.292. The zero-order valence-corrected chi connectivity index (χ0v) is 26.3. The van der Waals surface area contributed by atoms with Crippen molar-refractivity contribution in [1.82, 2.24) is 15.0 Å². The highest BCUT2D eigenvalue weighted by Crippen LogP contribution is 2.41. The molecule has 0 fully saturated rings. The standard InChI is InChI=1S/C35H43N3O/c1-15-17(3)23(9)29(24(10)18(15)4)33-36-34(30-25(11)19(5)16(2)20(6)26(30)12)38-35(37-33)31-27(13)21(7)22(8)28(14)32(31)39/h39H,1-14H3. The molecule has 0 spiro atoms. The molecule has 4 aromatic rings. The van der Waals surface area contributed by atoms with Crippen molar-refractivity contribution in [1.29, 1.82) is 0 Å². The van der Waals surface area contributed by atoms with Gasteiger partial charge in [-0.25, -0.2) is 15.0 Å². The van der Waals surface area contributed by atoms with Crippen molar-refractivity contribution in [2.24, 2.45) is 0 Å². The van der Waals surface area contributed by atoms with Crippen LogP contribution in [0.4, 0.5) is 0 Å². The van der Waals surface area contributed by atoms with Crippen LogP contribution in [-0.4, -0.2) is 20.1 Å². The average molecular weight is 522 g/mol. The number of benzene rings is 3. The summed E-state index contributed by atoms with van der Waals surface area (Å²) in [4.78, 5) is 15.4. The molecule has 1 aromatic heterocycles. The summed E-state index contributed by atoms with van der Waals surface area (Å²) < 4.78 is 0. The van der Waals surface area contributed by atoms with E-state index in [1.165, 1.54) is 55.6 Å². The molecule has 3 aromatic carbocycles. The molecule has 204 valence electrons. The Hall–Kier alpha value is -3.53. The van der Waals surface area contributed by atoms with Crippen LogP contribution in [0.2, 0.25) is 0 Å². The summed E-state index contributed by atoms with van der Waals surface area (Å²) in [7, 11) is 0. The number of hydrogen-bond donors (Lipinski definition) is 1. The fraction of sp³-hybridized carbons (Fsp3) is 0.400. The van der Waals surface area contributed by atoms with Gasteiger partial charge in [0.15, 0.2) is 17.5 Å². The third-order valence-corrected chi connectivity index (χ3v) is 9.96. The molecule has 1 heterocycles. The predicted octanol–water partition coefficient (Wildman–Crippen LogP) is 8.90. The fourth-order valence-electron chi connectivity index (χ4n) is 5.95. The fourth-order valence-corrected chi connectivity index (χ4v) is 5.95. The molecular weight excluding hydrogens is 478 g/mol. The first kappa shape index (κ1) is 28.5. The molecule has 0 saturated heterocycles. The maximum atomic E-state index is 11.4. The van der Waals surface area contributed by atoms with Crippen molar-refractivity contribution >= 4 is 0 Å². The zero-order valence-electron chi connectivity index (χ0n) is 26.3. The van der Waals surface area contributed by atoms with Crippen LogP contribution in [-0.2, 0) is 0 Å². The van der Waals surface area contributed by atoms with Crippen LogP contribution in [0, 0.1) is 96.9 Å². The van der Waals surface area contributed by atoms with Gasteiger partial charge in [0.25, 0.3) is 0 Å². The summed E-state index contributed by atoms with van der Waals surface area (Å²) in [5, 5.41) is 11.4. The van der Waals surface area contributed by atoms with Gasteiger partial charge < -0.3 is 5.11 Å². The lowest BCUT2D eigenvalue weighted by molar-refractivity contribution is 0.471. The predicted molar refractivity (Wildman–Crippen MR) is 164 cm³/mol. The summed E-state index contributed by atoms with van der Waals surface area (Å²) in [6, 6.07) is 0. The van der Waals surface area contributed by atoms with Gasteiger partial charge in [-0.05, 0) is 175 Å². The van der Waals surface area contributed by atoms with E-state index >= 15 is 0 Å². The number of aromatic hydroxyl groups is 1. The summed E-state index contributed by atoms with van der Waals surface area (Å²) in [5.41, 5.74) is 19.2. The Kier molecular flexibility index (Phi) is 7.23. The van der Waals surface area contributed by atoms with Gasteiger partial charge in [0.05, 0.1) is 5.56 Å². The molecule has 0 aliphatic carbocycles. The largest absolute Gasteiger partial charge is 0.507 e. The van der Waals surface area contributed by atoms with Crippen molar-refractivity contribution in [3.8, 4) is 39.9 Å². The lowest BCUT2D eigenvalue weighted by Crippen LogP contribution is -2.08. The minimum Gasteiger partial charge on any atom is -0.507 e. The van der Waals surface area contributed by atoms with Gasteiger partial charge in [-0.2, -0.15) is 0 Å². The number of phenols is 1. The van der Waals surface area contributed by atoms with Crippen LogP contribution in [0.25, 0.3) is 34.2 Å². The Bertz CT molecular complexity index is 1390. The second-order valence-corrected chi connectivity index (χ2v) is 11.5. The lowest BCUT2D eigenvalue weighted by atomic mass is 9.88. The van der Waals surface area contributed by atoms with E-state index in [4.69, 9.17) is 15.0 Å². The van der Waals surface area contributed by atoms with Crippen LogP contribution in [0.15, 0.2) is 0 Å². The van der Waals surface area contributed by atoms with Gasteiger partial charge in [-0.3, -0.25) is 0 Å². The molecule has 4 nitrogen and oxygen atoms in total. The first-order chi connectivity index (χ1) is 18.1. The smallest absolute Gasteiger partial charge is 0.168 e. The van der Waals surface area contributed by atoms with Crippen molar-refractivity contribution in [3.63, 3.8) is 0 Å². The van der Waals surface area contributed by atoms with E-state index in [1.54, 1.807) is 0 Å². The molecule has 0 atom stereocenters. The Morgan fingerprint density at radius 1 is 0.282 bits per heavy atom. The van der Waals surface area contributed by atoms with E-state index in [9.17, 15) is 5.11 Å². The third kappa shape index (κ3) is 4.25. The second kappa shape index (κ2) is 9.89. The Morgan fingerprint density at radius 3 is 0.795 bits per heavy atom.